The van der Waals surface area contributed by atoms with E-state index in [4.69, 9.17) is 5.73 Å². The number of halogens is 1. The first kappa shape index (κ1) is 16.2. The van der Waals surface area contributed by atoms with E-state index >= 15 is 0 Å². The number of aromatic nitrogens is 1. The van der Waals surface area contributed by atoms with Crippen molar-refractivity contribution >= 4 is 11.8 Å². The number of hydrogen-bond donors (Lipinski definition) is 1. The Morgan fingerprint density at radius 2 is 1.96 bits per heavy atom. The summed E-state index contributed by atoms with van der Waals surface area (Å²) in [4.78, 5) is 25.6. The summed E-state index contributed by atoms with van der Waals surface area (Å²) in [7, 11) is 0. The molecule has 6 heteroatoms. The number of rotatable bonds is 4. The van der Waals surface area contributed by atoms with Crippen molar-refractivity contribution in [3.8, 4) is 5.69 Å². The molecule has 1 aromatic carbocycles. The molecule has 3 rings (SSSR count). The Hall–Kier alpha value is -2.63. The number of amides is 2. The van der Waals surface area contributed by atoms with Gasteiger partial charge in [-0.15, -0.1) is 0 Å². The van der Waals surface area contributed by atoms with Crippen LogP contribution < -0.4 is 5.73 Å². The third-order valence-electron chi connectivity index (χ3n) is 4.40. The number of piperidine rings is 1. The molecular weight excluding hydrogens is 309 g/mol. The van der Waals surface area contributed by atoms with Crippen LogP contribution in [0.3, 0.4) is 0 Å². The van der Waals surface area contributed by atoms with Crippen LogP contribution in [0.15, 0.2) is 42.7 Å². The monoisotopic (exact) mass is 329 g/mol. The highest BCUT2D eigenvalue weighted by atomic mass is 19.1. The summed E-state index contributed by atoms with van der Waals surface area (Å²) in [5.74, 6) is -1.13. The van der Waals surface area contributed by atoms with Gasteiger partial charge in [-0.2, -0.15) is 0 Å². The molecule has 1 fully saturated rings. The largest absolute Gasteiger partial charge is 0.370 e. The molecule has 0 bridgehead atoms. The Morgan fingerprint density at radius 3 is 2.62 bits per heavy atom. The van der Waals surface area contributed by atoms with Gasteiger partial charge in [0.1, 0.15) is 5.82 Å². The van der Waals surface area contributed by atoms with E-state index in [1.54, 1.807) is 46.1 Å². The fraction of sp³-hybridized carbons (Fsp3) is 0.333. The molecule has 2 aromatic rings. The van der Waals surface area contributed by atoms with E-state index in [-0.39, 0.29) is 18.4 Å². The lowest BCUT2D eigenvalue weighted by atomic mass is 9.98. The minimum atomic E-state index is -0.458. The minimum Gasteiger partial charge on any atom is -0.370 e. The zero-order chi connectivity index (χ0) is 17.1. The van der Waals surface area contributed by atoms with Gasteiger partial charge in [-0.1, -0.05) is 0 Å². The molecule has 126 valence electrons. The molecule has 2 amide bonds. The Morgan fingerprint density at radius 1 is 1.21 bits per heavy atom. The van der Waals surface area contributed by atoms with Crippen LogP contribution >= 0.6 is 0 Å². The Balaban J connectivity index is 1.83. The molecule has 0 radical (unpaired) electrons. The van der Waals surface area contributed by atoms with Crippen molar-refractivity contribution in [2.45, 2.75) is 31.7 Å². The number of benzene rings is 1. The maximum atomic E-state index is 14.4. The van der Waals surface area contributed by atoms with Crippen molar-refractivity contribution in [2.75, 3.05) is 6.54 Å². The third kappa shape index (κ3) is 3.32. The van der Waals surface area contributed by atoms with E-state index in [9.17, 15) is 14.0 Å². The van der Waals surface area contributed by atoms with Crippen molar-refractivity contribution in [2.24, 2.45) is 5.73 Å². The highest BCUT2D eigenvalue weighted by molar-refractivity contribution is 5.95. The fourth-order valence-corrected chi connectivity index (χ4v) is 3.22. The van der Waals surface area contributed by atoms with Crippen LogP contribution in [-0.2, 0) is 4.79 Å². The van der Waals surface area contributed by atoms with Gasteiger partial charge in [0, 0.05) is 37.0 Å². The Labute approximate surface area is 139 Å². The van der Waals surface area contributed by atoms with Gasteiger partial charge in [0.05, 0.1) is 5.69 Å². The van der Waals surface area contributed by atoms with Gasteiger partial charge < -0.3 is 15.2 Å². The van der Waals surface area contributed by atoms with Crippen molar-refractivity contribution in [1.82, 2.24) is 9.47 Å². The van der Waals surface area contributed by atoms with Gasteiger partial charge >= 0.3 is 0 Å². The second kappa shape index (κ2) is 6.86. The van der Waals surface area contributed by atoms with Crippen LogP contribution in [0, 0.1) is 5.82 Å². The Bertz CT molecular complexity index is 743. The summed E-state index contributed by atoms with van der Waals surface area (Å²) in [6.45, 7) is 0.567. The second-order valence-electron chi connectivity index (χ2n) is 6.08. The Kier molecular flexibility index (Phi) is 4.64. The lowest BCUT2D eigenvalue weighted by Gasteiger charge is -2.35. The quantitative estimate of drug-likeness (QED) is 0.936. The maximum absolute atomic E-state index is 14.4. The molecule has 0 unspecified atom stereocenters. The summed E-state index contributed by atoms with van der Waals surface area (Å²) in [6, 6.07) is 7.89. The predicted molar refractivity (Wildman–Crippen MR) is 88.2 cm³/mol. The summed E-state index contributed by atoms with van der Waals surface area (Å²) in [5, 5.41) is 0. The summed E-state index contributed by atoms with van der Waals surface area (Å²) in [5.41, 5.74) is 5.97. The highest BCUT2D eigenvalue weighted by Crippen LogP contribution is 2.23. The number of nitrogens with two attached hydrogens (primary N) is 1. The number of carbonyl (C=O) groups is 2. The van der Waals surface area contributed by atoms with E-state index in [1.807, 2.05) is 0 Å². The molecule has 0 saturated carbocycles. The molecule has 0 aliphatic carbocycles. The van der Waals surface area contributed by atoms with Gasteiger partial charge in [0.2, 0.25) is 5.91 Å². The topological polar surface area (TPSA) is 68.3 Å². The highest BCUT2D eigenvalue weighted by Gasteiger charge is 2.29. The van der Waals surface area contributed by atoms with Crippen molar-refractivity contribution in [3.63, 3.8) is 0 Å². The number of nitrogens with zero attached hydrogens (tertiary/aromatic N) is 2. The van der Waals surface area contributed by atoms with E-state index in [0.29, 0.717) is 17.8 Å². The lowest BCUT2D eigenvalue weighted by molar-refractivity contribution is -0.119. The molecule has 1 atom stereocenters. The van der Waals surface area contributed by atoms with Crippen LogP contribution in [-0.4, -0.2) is 33.9 Å². The van der Waals surface area contributed by atoms with E-state index in [2.05, 4.69) is 0 Å². The van der Waals surface area contributed by atoms with Crippen LogP contribution in [0.4, 0.5) is 4.39 Å². The number of primary amides is 1. The molecule has 1 saturated heterocycles. The van der Waals surface area contributed by atoms with Gasteiger partial charge in [-0.05, 0) is 49.6 Å². The zero-order valence-electron chi connectivity index (χ0n) is 13.3. The first-order valence-electron chi connectivity index (χ1n) is 8.08. The van der Waals surface area contributed by atoms with Crippen molar-refractivity contribution in [3.05, 3.63) is 54.1 Å². The smallest absolute Gasteiger partial charge is 0.254 e. The van der Waals surface area contributed by atoms with Crippen molar-refractivity contribution < 1.29 is 14.0 Å². The van der Waals surface area contributed by atoms with Gasteiger partial charge in [-0.25, -0.2) is 4.39 Å². The molecule has 5 nitrogen and oxygen atoms in total. The molecule has 24 heavy (non-hydrogen) atoms. The zero-order valence-corrected chi connectivity index (χ0v) is 13.3. The molecule has 1 aliphatic heterocycles. The van der Waals surface area contributed by atoms with E-state index < -0.39 is 11.7 Å². The van der Waals surface area contributed by atoms with Gasteiger partial charge in [-0.3, -0.25) is 9.59 Å². The van der Waals surface area contributed by atoms with E-state index in [0.717, 1.165) is 19.3 Å². The molecule has 1 aliphatic rings. The first-order chi connectivity index (χ1) is 11.6. The molecule has 2 N–H and O–H groups in total. The first-order valence-corrected chi connectivity index (χ1v) is 8.08. The van der Waals surface area contributed by atoms with Crippen LogP contribution in [0.5, 0.6) is 0 Å². The van der Waals surface area contributed by atoms with Crippen LogP contribution in [0.1, 0.15) is 36.0 Å². The average Bonchev–Trinajstić information content (AvgIpc) is 3.08. The SMILES string of the molecule is NC(=O)C[C@H]1CCCCN1C(=O)c1ccc(-n2cccc2)c(F)c1. The van der Waals surface area contributed by atoms with E-state index in [1.165, 1.54) is 6.07 Å². The third-order valence-corrected chi connectivity index (χ3v) is 4.40. The molecule has 0 spiro atoms. The predicted octanol–water partition coefficient (Wildman–Crippen LogP) is 2.49. The molecular formula is C18H20FN3O2. The molecule has 2 heterocycles. The average molecular weight is 329 g/mol. The summed E-state index contributed by atoms with van der Waals surface area (Å²) < 4.78 is 16.0. The van der Waals surface area contributed by atoms with Crippen molar-refractivity contribution in [1.29, 1.82) is 0 Å². The number of hydrogen-bond acceptors (Lipinski definition) is 2. The summed E-state index contributed by atoms with van der Waals surface area (Å²) in [6.07, 6.45) is 6.22. The second-order valence-corrected chi connectivity index (χ2v) is 6.08. The minimum absolute atomic E-state index is 0.148. The lowest BCUT2D eigenvalue weighted by Crippen LogP contribution is -2.45. The van der Waals surface area contributed by atoms with Gasteiger partial charge in [0.15, 0.2) is 0 Å². The maximum Gasteiger partial charge on any atom is 0.254 e. The fourth-order valence-electron chi connectivity index (χ4n) is 3.22. The normalized spacial score (nSPS) is 17.7. The van der Waals surface area contributed by atoms with Crippen LogP contribution in [0.25, 0.3) is 5.69 Å². The van der Waals surface area contributed by atoms with Gasteiger partial charge in [0.25, 0.3) is 5.91 Å². The standard InChI is InChI=1S/C18H20FN3O2/c19-15-11-13(6-7-16(15)21-8-3-4-9-21)18(24)22-10-2-1-5-14(22)12-17(20)23/h3-4,6-9,11,14H,1-2,5,10,12H2,(H2,20,23)/t14-/m1/s1. The summed E-state index contributed by atoms with van der Waals surface area (Å²) >= 11 is 0. The number of likely N-dealkylation sites (tertiary alicyclic amines) is 1. The van der Waals surface area contributed by atoms with Crippen LogP contribution in [0.2, 0.25) is 0 Å². The number of carbonyl (C=O) groups excluding carboxylic acids is 2. The molecule has 1 aromatic heterocycles.